The van der Waals surface area contributed by atoms with Crippen LogP contribution in [0.1, 0.15) is 29.2 Å². The number of ether oxygens (including phenoxy) is 1. The number of aromatic nitrogens is 2. The van der Waals surface area contributed by atoms with Crippen LogP contribution in [0.3, 0.4) is 0 Å². The normalized spacial score (nSPS) is 27.1. The topological polar surface area (TPSA) is 72.5 Å². The van der Waals surface area contributed by atoms with Gasteiger partial charge < -0.3 is 19.0 Å². The molecule has 24 heavy (non-hydrogen) atoms. The van der Waals surface area contributed by atoms with Gasteiger partial charge in [0.2, 0.25) is 0 Å². The molecule has 2 aliphatic rings. The van der Waals surface area contributed by atoms with E-state index in [1.165, 1.54) is 0 Å². The molecule has 0 unspecified atom stereocenters. The molecule has 2 aromatic heterocycles. The van der Waals surface area contributed by atoms with Gasteiger partial charge in [-0.2, -0.15) is 0 Å². The molecule has 0 spiro atoms. The minimum Gasteiger partial charge on any atom is -0.468 e. The molecule has 128 valence electrons. The smallest absolute Gasteiger partial charge is 0.287 e. The predicted molar refractivity (Wildman–Crippen MR) is 86.3 cm³/mol. The molecule has 2 aromatic rings. The molecular formula is C17H22N4O3. The van der Waals surface area contributed by atoms with Crippen LogP contribution >= 0.6 is 0 Å². The van der Waals surface area contributed by atoms with Crippen LogP contribution in [-0.2, 0) is 18.3 Å². The Morgan fingerprint density at radius 2 is 2.42 bits per heavy atom. The summed E-state index contributed by atoms with van der Waals surface area (Å²) >= 11 is 0. The summed E-state index contributed by atoms with van der Waals surface area (Å²) in [5.74, 6) is 1.21. The number of aryl methyl sites for hydroxylation is 1. The van der Waals surface area contributed by atoms with Crippen LogP contribution in [0.2, 0.25) is 0 Å². The molecule has 0 saturated carbocycles. The zero-order valence-corrected chi connectivity index (χ0v) is 13.7. The van der Waals surface area contributed by atoms with E-state index in [9.17, 15) is 4.79 Å². The molecule has 3 atom stereocenters. The van der Waals surface area contributed by atoms with Crippen molar-refractivity contribution in [2.45, 2.75) is 37.6 Å². The number of fused-ring (bicyclic) bond motifs is 1. The molecule has 0 radical (unpaired) electrons. The fourth-order valence-electron chi connectivity index (χ4n) is 3.78. The fraction of sp³-hybridized carbons (Fsp3) is 0.529. The molecule has 7 heteroatoms. The first-order valence-corrected chi connectivity index (χ1v) is 8.38. The van der Waals surface area contributed by atoms with Crippen molar-refractivity contribution >= 4 is 5.91 Å². The van der Waals surface area contributed by atoms with Crippen LogP contribution in [0.4, 0.5) is 0 Å². The zero-order valence-electron chi connectivity index (χ0n) is 13.7. The van der Waals surface area contributed by atoms with Crippen molar-refractivity contribution in [1.82, 2.24) is 19.8 Å². The van der Waals surface area contributed by atoms with Gasteiger partial charge in [-0.1, -0.05) is 0 Å². The van der Waals surface area contributed by atoms with E-state index in [-0.39, 0.29) is 18.1 Å². The summed E-state index contributed by atoms with van der Waals surface area (Å²) in [5.41, 5.74) is 0. The third-order valence-corrected chi connectivity index (χ3v) is 4.91. The molecule has 1 N–H and O–H groups in total. The first-order chi connectivity index (χ1) is 11.7. The quantitative estimate of drug-likeness (QED) is 0.911. The maximum Gasteiger partial charge on any atom is 0.287 e. The number of hydrogen-bond donors (Lipinski definition) is 1. The summed E-state index contributed by atoms with van der Waals surface area (Å²) in [5, 5.41) is 3.11. The maximum atomic E-state index is 12.5. The minimum absolute atomic E-state index is 0.0259. The van der Waals surface area contributed by atoms with E-state index in [1.54, 1.807) is 23.2 Å². The second-order valence-electron chi connectivity index (χ2n) is 6.50. The summed E-state index contributed by atoms with van der Waals surface area (Å²) in [4.78, 5) is 19.0. The lowest BCUT2D eigenvalue weighted by molar-refractivity contribution is -0.0219. The van der Waals surface area contributed by atoms with Gasteiger partial charge in [0.25, 0.3) is 5.91 Å². The summed E-state index contributed by atoms with van der Waals surface area (Å²) in [6.07, 6.45) is 7.26. The van der Waals surface area contributed by atoms with Crippen LogP contribution < -0.4 is 5.32 Å². The third-order valence-electron chi connectivity index (χ3n) is 4.91. The van der Waals surface area contributed by atoms with Crippen LogP contribution in [0, 0.1) is 0 Å². The predicted octanol–water partition coefficient (Wildman–Crippen LogP) is 1.17. The van der Waals surface area contributed by atoms with Crippen molar-refractivity contribution in [2.75, 3.05) is 13.2 Å². The molecule has 4 rings (SSSR count). The number of furan rings is 1. The number of nitrogens with one attached hydrogen (secondary N) is 1. The average molecular weight is 330 g/mol. The Bertz CT molecular complexity index is 697. The Kier molecular flexibility index (Phi) is 4.12. The number of amides is 1. The molecule has 0 bridgehead atoms. The van der Waals surface area contributed by atoms with Gasteiger partial charge in [0.1, 0.15) is 5.76 Å². The monoisotopic (exact) mass is 330 g/mol. The molecule has 7 nitrogen and oxygen atoms in total. The third kappa shape index (κ3) is 2.85. The molecule has 4 heterocycles. The van der Waals surface area contributed by atoms with Gasteiger partial charge in [-0.3, -0.25) is 9.69 Å². The van der Waals surface area contributed by atoms with Gasteiger partial charge in [0.15, 0.2) is 5.82 Å². The summed E-state index contributed by atoms with van der Waals surface area (Å²) in [6.45, 7) is 2.25. The fourth-order valence-corrected chi connectivity index (χ4v) is 3.78. The molecule has 2 fully saturated rings. The van der Waals surface area contributed by atoms with Crippen molar-refractivity contribution in [3.63, 3.8) is 0 Å². The number of imidazole rings is 1. The molecular weight excluding hydrogens is 308 g/mol. The van der Waals surface area contributed by atoms with Gasteiger partial charge in [0, 0.05) is 38.6 Å². The maximum absolute atomic E-state index is 12.5. The first-order valence-electron chi connectivity index (χ1n) is 8.38. The van der Waals surface area contributed by atoms with Crippen LogP contribution in [-0.4, -0.2) is 51.7 Å². The molecule has 2 saturated heterocycles. The van der Waals surface area contributed by atoms with E-state index in [2.05, 4.69) is 15.2 Å². The van der Waals surface area contributed by atoms with E-state index >= 15 is 0 Å². The summed E-state index contributed by atoms with van der Waals surface area (Å²) < 4.78 is 13.2. The Labute approximate surface area is 140 Å². The highest BCUT2D eigenvalue weighted by Crippen LogP contribution is 2.30. The van der Waals surface area contributed by atoms with Crippen LogP contribution in [0.25, 0.3) is 0 Å². The van der Waals surface area contributed by atoms with Crippen molar-refractivity contribution in [3.05, 3.63) is 42.4 Å². The second kappa shape index (κ2) is 6.41. The lowest BCUT2D eigenvalue weighted by Gasteiger charge is -2.32. The summed E-state index contributed by atoms with van der Waals surface area (Å²) in [6, 6.07) is 4.17. The molecule has 0 aromatic carbocycles. The Balaban J connectivity index is 1.48. The van der Waals surface area contributed by atoms with E-state index < -0.39 is 0 Å². The molecule has 1 amide bonds. The van der Waals surface area contributed by atoms with Gasteiger partial charge in [-0.25, -0.2) is 4.98 Å². The van der Waals surface area contributed by atoms with Crippen molar-refractivity contribution < 1.29 is 13.9 Å². The van der Waals surface area contributed by atoms with E-state index in [0.29, 0.717) is 11.9 Å². The average Bonchev–Trinajstić information content (AvgIpc) is 3.30. The number of carbonyl (C=O) groups is 1. The highest BCUT2D eigenvalue weighted by molar-refractivity contribution is 5.91. The van der Waals surface area contributed by atoms with Crippen molar-refractivity contribution in [1.29, 1.82) is 0 Å². The number of hydrogen-bond acceptors (Lipinski definition) is 5. The van der Waals surface area contributed by atoms with Gasteiger partial charge in [-0.15, -0.1) is 0 Å². The Morgan fingerprint density at radius 1 is 1.50 bits per heavy atom. The molecule has 2 aliphatic heterocycles. The Morgan fingerprint density at radius 3 is 3.17 bits per heavy atom. The van der Waals surface area contributed by atoms with Gasteiger partial charge in [-0.05, 0) is 25.0 Å². The number of carbonyl (C=O) groups excluding carboxylic acids is 1. The van der Waals surface area contributed by atoms with E-state index in [0.717, 1.165) is 38.3 Å². The summed E-state index contributed by atoms with van der Waals surface area (Å²) in [7, 11) is 1.82. The first kappa shape index (κ1) is 15.4. The second-order valence-corrected chi connectivity index (χ2v) is 6.50. The lowest BCUT2D eigenvalue weighted by atomic mass is 10.0. The number of rotatable bonds is 4. The number of likely N-dealkylation sites (tertiary alicyclic amines) is 1. The van der Waals surface area contributed by atoms with Gasteiger partial charge in [0.05, 0.1) is 25.0 Å². The van der Waals surface area contributed by atoms with Crippen LogP contribution in [0.5, 0.6) is 0 Å². The highest BCUT2D eigenvalue weighted by atomic mass is 16.5. The van der Waals surface area contributed by atoms with E-state index in [4.69, 9.17) is 9.15 Å². The Hall–Kier alpha value is -2.12. The van der Waals surface area contributed by atoms with Crippen molar-refractivity contribution in [3.8, 4) is 0 Å². The standard InChI is InChI=1S/C17H22N4O3/c1-20-7-6-18-16(20)17(22)19-13-11-21(10-12-4-2-8-23-12)14-5-3-9-24-15(13)14/h2,4,6-8,13-15H,3,5,9-11H2,1H3,(H,19,22)/t13-,14-,15-/m1/s1. The largest absolute Gasteiger partial charge is 0.468 e. The minimum atomic E-state index is -0.153. The number of nitrogens with zero attached hydrogens (tertiary/aromatic N) is 3. The van der Waals surface area contributed by atoms with Crippen molar-refractivity contribution in [2.24, 2.45) is 7.05 Å². The van der Waals surface area contributed by atoms with E-state index in [1.807, 2.05) is 19.2 Å². The highest BCUT2D eigenvalue weighted by Gasteiger charge is 2.44. The molecule has 0 aliphatic carbocycles. The van der Waals surface area contributed by atoms with Gasteiger partial charge >= 0.3 is 0 Å². The van der Waals surface area contributed by atoms with Crippen LogP contribution in [0.15, 0.2) is 35.2 Å². The lowest BCUT2D eigenvalue weighted by Crippen LogP contribution is -2.48. The SMILES string of the molecule is Cn1ccnc1C(=O)N[C@@H]1CN(Cc2ccco2)[C@@H]2CCCO[C@@H]21. The zero-order chi connectivity index (χ0) is 16.5.